The minimum atomic E-state index is -0.688. The topological polar surface area (TPSA) is 35.2 Å². The molecule has 0 heterocycles. The molecule has 0 saturated carbocycles. The quantitative estimate of drug-likeness (QED) is 0.766. The average molecular weight is 215 g/mol. The number of halogens is 2. The van der Waals surface area contributed by atoms with E-state index in [4.69, 9.17) is 10.5 Å². The molecular weight excluding hydrogens is 200 g/mol. The second-order valence-corrected chi connectivity index (χ2v) is 3.29. The Morgan fingerprint density at radius 2 is 1.87 bits per heavy atom. The van der Waals surface area contributed by atoms with E-state index < -0.39 is 11.6 Å². The molecule has 1 aromatic rings. The van der Waals surface area contributed by atoms with E-state index in [0.29, 0.717) is 12.2 Å². The average Bonchev–Trinajstić information content (AvgIpc) is 2.22. The molecule has 0 spiro atoms. The third-order valence-electron chi connectivity index (χ3n) is 2.04. The van der Waals surface area contributed by atoms with Crippen LogP contribution in [0.15, 0.2) is 12.1 Å². The zero-order valence-corrected chi connectivity index (χ0v) is 8.72. The fourth-order valence-corrected chi connectivity index (χ4v) is 1.19. The summed E-state index contributed by atoms with van der Waals surface area (Å²) in [7, 11) is 0. The highest BCUT2D eigenvalue weighted by molar-refractivity contribution is 5.31. The molecule has 0 aliphatic carbocycles. The van der Waals surface area contributed by atoms with Crippen molar-refractivity contribution < 1.29 is 13.5 Å². The molecule has 0 radical (unpaired) electrons. The van der Waals surface area contributed by atoms with Crippen LogP contribution in [0.3, 0.4) is 0 Å². The molecule has 0 aliphatic heterocycles. The first-order valence-electron chi connectivity index (χ1n) is 4.99. The summed E-state index contributed by atoms with van der Waals surface area (Å²) >= 11 is 0. The van der Waals surface area contributed by atoms with E-state index in [-0.39, 0.29) is 12.3 Å². The predicted octanol–water partition coefficient (Wildman–Crippen LogP) is 2.60. The molecule has 4 heteroatoms. The summed E-state index contributed by atoms with van der Waals surface area (Å²) in [6, 6.07) is 2.40. The van der Waals surface area contributed by atoms with Crippen LogP contribution >= 0.6 is 0 Å². The van der Waals surface area contributed by atoms with Crippen molar-refractivity contribution in [3.05, 3.63) is 29.3 Å². The molecule has 0 aliphatic rings. The number of hydrogen-bond donors (Lipinski definition) is 1. The molecule has 84 valence electrons. The Kier molecular flexibility index (Phi) is 4.49. The fourth-order valence-electron chi connectivity index (χ4n) is 1.19. The first-order valence-corrected chi connectivity index (χ1v) is 4.99. The molecule has 15 heavy (non-hydrogen) atoms. The Balaban J connectivity index is 2.79. The van der Waals surface area contributed by atoms with Crippen LogP contribution in [0.1, 0.15) is 25.3 Å². The van der Waals surface area contributed by atoms with Crippen molar-refractivity contribution >= 4 is 0 Å². The summed E-state index contributed by atoms with van der Waals surface area (Å²) in [5, 5.41) is 0. The lowest BCUT2D eigenvalue weighted by Crippen LogP contribution is -2.04. The largest absolute Gasteiger partial charge is 0.488 e. The van der Waals surface area contributed by atoms with E-state index >= 15 is 0 Å². The van der Waals surface area contributed by atoms with E-state index in [1.807, 2.05) is 6.92 Å². The van der Waals surface area contributed by atoms with Gasteiger partial charge in [0.2, 0.25) is 0 Å². The van der Waals surface area contributed by atoms with Gasteiger partial charge in [-0.25, -0.2) is 8.78 Å². The highest BCUT2D eigenvalue weighted by atomic mass is 19.1. The zero-order chi connectivity index (χ0) is 11.3. The smallest absolute Gasteiger partial charge is 0.190 e. The van der Waals surface area contributed by atoms with Gasteiger partial charge in [-0.1, -0.05) is 13.3 Å². The van der Waals surface area contributed by atoms with Crippen molar-refractivity contribution in [3.63, 3.8) is 0 Å². The summed E-state index contributed by atoms with van der Waals surface area (Å²) in [5.41, 5.74) is 5.71. The number of unbranched alkanes of at least 4 members (excludes halogenated alkanes) is 1. The SMILES string of the molecule is CCCCOc1c(F)cc(CN)cc1F. The standard InChI is InChI=1S/C11H15F2NO/c1-2-3-4-15-11-9(12)5-8(7-14)6-10(11)13/h5-6H,2-4,7,14H2,1H3. The lowest BCUT2D eigenvalue weighted by Gasteiger charge is -2.08. The Labute approximate surface area is 88.0 Å². The second kappa shape index (κ2) is 5.66. The van der Waals surface area contributed by atoms with Gasteiger partial charge in [-0.3, -0.25) is 0 Å². The van der Waals surface area contributed by atoms with E-state index in [1.54, 1.807) is 0 Å². The van der Waals surface area contributed by atoms with Gasteiger partial charge in [-0.15, -0.1) is 0 Å². The Bertz CT molecular complexity index is 305. The molecular formula is C11H15F2NO. The third-order valence-corrected chi connectivity index (χ3v) is 2.04. The van der Waals surface area contributed by atoms with Crippen molar-refractivity contribution in [1.82, 2.24) is 0 Å². The van der Waals surface area contributed by atoms with Crippen LogP contribution in [0, 0.1) is 11.6 Å². The summed E-state index contributed by atoms with van der Waals surface area (Å²) < 4.78 is 31.6. The molecule has 2 N–H and O–H groups in total. The third kappa shape index (κ3) is 3.16. The molecule has 1 rings (SSSR count). The zero-order valence-electron chi connectivity index (χ0n) is 8.72. The summed E-state index contributed by atoms with van der Waals surface area (Å²) in [5.74, 6) is -1.68. The van der Waals surface area contributed by atoms with E-state index in [0.717, 1.165) is 12.8 Å². The monoisotopic (exact) mass is 215 g/mol. The van der Waals surface area contributed by atoms with Crippen LogP contribution in [-0.4, -0.2) is 6.61 Å². The first kappa shape index (κ1) is 11.9. The molecule has 0 aromatic heterocycles. The van der Waals surface area contributed by atoms with Gasteiger partial charge in [-0.05, 0) is 24.1 Å². The van der Waals surface area contributed by atoms with Gasteiger partial charge in [0.1, 0.15) is 0 Å². The summed E-state index contributed by atoms with van der Waals surface area (Å²) in [6.45, 7) is 2.42. The number of rotatable bonds is 5. The Morgan fingerprint density at radius 3 is 2.33 bits per heavy atom. The molecule has 0 saturated heterocycles. The van der Waals surface area contributed by atoms with Crippen LogP contribution in [0.5, 0.6) is 5.75 Å². The van der Waals surface area contributed by atoms with Gasteiger partial charge in [0.15, 0.2) is 17.4 Å². The number of benzene rings is 1. The molecule has 0 bridgehead atoms. The van der Waals surface area contributed by atoms with Gasteiger partial charge < -0.3 is 10.5 Å². The van der Waals surface area contributed by atoms with Crippen molar-refractivity contribution in [2.45, 2.75) is 26.3 Å². The van der Waals surface area contributed by atoms with Crippen molar-refractivity contribution in [2.24, 2.45) is 5.73 Å². The van der Waals surface area contributed by atoms with Crippen LogP contribution in [0.4, 0.5) is 8.78 Å². The maximum atomic E-state index is 13.3. The summed E-state index contributed by atoms with van der Waals surface area (Å²) in [4.78, 5) is 0. The van der Waals surface area contributed by atoms with Crippen LogP contribution in [0.2, 0.25) is 0 Å². The van der Waals surface area contributed by atoms with Gasteiger partial charge >= 0.3 is 0 Å². The maximum absolute atomic E-state index is 13.3. The van der Waals surface area contributed by atoms with Crippen LogP contribution < -0.4 is 10.5 Å². The lowest BCUT2D eigenvalue weighted by atomic mass is 10.2. The van der Waals surface area contributed by atoms with E-state index in [1.165, 1.54) is 12.1 Å². The minimum Gasteiger partial charge on any atom is -0.488 e. The van der Waals surface area contributed by atoms with Gasteiger partial charge in [0.05, 0.1) is 6.61 Å². The van der Waals surface area contributed by atoms with Crippen molar-refractivity contribution in [3.8, 4) is 5.75 Å². The van der Waals surface area contributed by atoms with E-state index in [9.17, 15) is 8.78 Å². The predicted molar refractivity (Wildman–Crippen MR) is 54.7 cm³/mol. The van der Waals surface area contributed by atoms with Gasteiger partial charge in [-0.2, -0.15) is 0 Å². The van der Waals surface area contributed by atoms with Crippen LogP contribution in [-0.2, 0) is 6.54 Å². The van der Waals surface area contributed by atoms with Crippen molar-refractivity contribution in [2.75, 3.05) is 6.61 Å². The summed E-state index contributed by atoms with van der Waals surface area (Å²) in [6.07, 6.45) is 1.70. The lowest BCUT2D eigenvalue weighted by molar-refractivity contribution is 0.278. The molecule has 0 fully saturated rings. The molecule has 1 aromatic carbocycles. The molecule has 0 amide bonds. The number of nitrogens with two attached hydrogens (primary N) is 1. The molecule has 0 atom stereocenters. The highest BCUT2D eigenvalue weighted by Crippen LogP contribution is 2.23. The Hall–Kier alpha value is -1.16. The van der Waals surface area contributed by atoms with E-state index in [2.05, 4.69) is 0 Å². The molecule has 2 nitrogen and oxygen atoms in total. The minimum absolute atomic E-state index is 0.114. The number of ether oxygens (including phenoxy) is 1. The highest BCUT2D eigenvalue weighted by Gasteiger charge is 2.11. The first-order chi connectivity index (χ1) is 7.19. The second-order valence-electron chi connectivity index (χ2n) is 3.29. The fraction of sp³-hybridized carbons (Fsp3) is 0.455. The normalized spacial score (nSPS) is 10.4. The molecule has 0 unspecified atom stereocenters. The number of hydrogen-bond acceptors (Lipinski definition) is 2. The Morgan fingerprint density at radius 1 is 1.27 bits per heavy atom. The van der Waals surface area contributed by atoms with Gasteiger partial charge in [0.25, 0.3) is 0 Å². The van der Waals surface area contributed by atoms with Crippen molar-refractivity contribution in [1.29, 1.82) is 0 Å². The van der Waals surface area contributed by atoms with Gasteiger partial charge in [0, 0.05) is 6.54 Å². The maximum Gasteiger partial charge on any atom is 0.190 e. The van der Waals surface area contributed by atoms with Crippen LogP contribution in [0.25, 0.3) is 0 Å².